The van der Waals surface area contributed by atoms with E-state index in [2.05, 4.69) is 29.2 Å². The Bertz CT molecular complexity index is 402. The van der Waals surface area contributed by atoms with E-state index in [9.17, 15) is 10.2 Å². The second kappa shape index (κ2) is 6.85. The maximum atomic E-state index is 9.76. The summed E-state index contributed by atoms with van der Waals surface area (Å²) in [5.41, 5.74) is 1.14. The van der Waals surface area contributed by atoms with Crippen LogP contribution in [0, 0.1) is 0 Å². The third-order valence-electron chi connectivity index (χ3n) is 3.73. The van der Waals surface area contributed by atoms with E-state index in [1.807, 2.05) is 25.1 Å². The number of hydrogen-bond donors (Lipinski definition) is 2. The van der Waals surface area contributed by atoms with Crippen molar-refractivity contribution in [2.45, 2.75) is 38.0 Å². The van der Waals surface area contributed by atoms with Gasteiger partial charge in [0.15, 0.2) is 0 Å². The maximum Gasteiger partial charge on any atom is 0.0628 e. The van der Waals surface area contributed by atoms with Crippen LogP contribution in [0.2, 0.25) is 0 Å². The van der Waals surface area contributed by atoms with Crippen molar-refractivity contribution in [2.75, 3.05) is 13.2 Å². The summed E-state index contributed by atoms with van der Waals surface area (Å²) in [4.78, 5) is 2.29. The van der Waals surface area contributed by atoms with Gasteiger partial charge in [0.05, 0.1) is 18.8 Å². The van der Waals surface area contributed by atoms with Crippen molar-refractivity contribution in [1.29, 1.82) is 0 Å². The van der Waals surface area contributed by atoms with E-state index in [4.69, 9.17) is 0 Å². The number of benzene rings is 1. The third-order valence-corrected chi connectivity index (χ3v) is 3.73. The van der Waals surface area contributed by atoms with E-state index < -0.39 is 0 Å². The van der Waals surface area contributed by atoms with Gasteiger partial charge in [0, 0.05) is 12.6 Å². The SMILES string of the molecule is CC(O)CC1CC=CCN1C(CO)c1ccccc1. The van der Waals surface area contributed by atoms with Gasteiger partial charge in [0.2, 0.25) is 0 Å². The average molecular weight is 261 g/mol. The van der Waals surface area contributed by atoms with E-state index in [0.29, 0.717) is 6.04 Å². The summed E-state index contributed by atoms with van der Waals surface area (Å²) >= 11 is 0. The van der Waals surface area contributed by atoms with Gasteiger partial charge in [-0.15, -0.1) is 0 Å². The number of aliphatic hydroxyl groups excluding tert-OH is 2. The van der Waals surface area contributed by atoms with E-state index in [-0.39, 0.29) is 18.8 Å². The molecule has 0 aromatic heterocycles. The number of nitrogens with zero attached hydrogens (tertiary/aromatic N) is 1. The Morgan fingerprint density at radius 1 is 1.26 bits per heavy atom. The molecule has 0 radical (unpaired) electrons. The number of rotatable bonds is 5. The molecule has 2 rings (SSSR count). The minimum atomic E-state index is -0.311. The minimum Gasteiger partial charge on any atom is -0.394 e. The van der Waals surface area contributed by atoms with Gasteiger partial charge in [-0.3, -0.25) is 4.90 Å². The van der Waals surface area contributed by atoms with Crippen LogP contribution in [0.25, 0.3) is 0 Å². The van der Waals surface area contributed by atoms with Crippen molar-refractivity contribution < 1.29 is 10.2 Å². The molecule has 19 heavy (non-hydrogen) atoms. The lowest BCUT2D eigenvalue weighted by Crippen LogP contribution is -2.43. The maximum absolute atomic E-state index is 9.76. The fourth-order valence-electron chi connectivity index (χ4n) is 2.82. The van der Waals surface area contributed by atoms with Crippen LogP contribution in [-0.4, -0.2) is 40.4 Å². The lowest BCUT2D eigenvalue weighted by molar-refractivity contribution is 0.0584. The molecule has 0 saturated carbocycles. The quantitative estimate of drug-likeness (QED) is 0.798. The molecule has 2 N–H and O–H groups in total. The molecular formula is C16H23NO2. The van der Waals surface area contributed by atoms with Crippen LogP contribution >= 0.6 is 0 Å². The average Bonchev–Trinajstić information content (AvgIpc) is 2.42. The lowest BCUT2D eigenvalue weighted by Gasteiger charge is -2.39. The standard InChI is InChI=1S/C16H23NO2/c1-13(19)11-15-9-5-6-10-17(15)16(12-18)14-7-3-2-4-8-14/h2-8,13,15-16,18-19H,9-12H2,1H3. The largest absolute Gasteiger partial charge is 0.394 e. The van der Waals surface area contributed by atoms with Crippen LogP contribution in [0.4, 0.5) is 0 Å². The molecule has 1 aromatic carbocycles. The van der Waals surface area contributed by atoms with Crippen molar-refractivity contribution in [3.8, 4) is 0 Å². The molecule has 3 heteroatoms. The van der Waals surface area contributed by atoms with Gasteiger partial charge in [-0.25, -0.2) is 0 Å². The van der Waals surface area contributed by atoms with Crippen LogP contribution in [0.1, 0.15) is 31.4 Å². The Hall–Kier alpha value is -1.16. The van der Waals surface area contributed by atoms with Crippen molar-refractivity contribution in [3.05, 3.63) is 48.0 Å². The zero-order valence-corrected chi connectivity index (χ0v) is 11.4. The summed E-state index contributed by atoms with van der Waals surface area (Å²) in [6.45, 7) is 2.76. The van der Waals surface area contributed by atoms with Gasteiger partial charge >= 0.3 is 0 Å². The molecule has 1 aromatic rings. The van der Waals surface area contributed by atoms with E-state index in [1.54, 1.807) is 0 Å². The summed E-state index contributed by atoms with van der Waals surface area (Å²) in [6.07, 6.45) is 5.68. The summed E-state index contributed by atoms with van der Waals surface area (Å²) in [5, 5.41) is 19.4. The normalized spacial score (nSPS) is 23.2. The lowest BCUT2D eigenvalue weighted by atomic mass is 9.96. The van der Waals surface area contributed by atoms with Gasteiger partial charge in [0.25, 0.3) is 0 Å². The molecule has 1 heterocycles. The summed E-state index contributed by atoms with van der Waals surface area (Å²) in [5.74, 6) is 0. The summed E-state index contributed by atoms with van der Waals surface area (Å²) < 4.78 is 0. The smallest absolute Gasteiger partial charge is 0.0628 e. The third kappa shape index (κ3) is 3.66. The van der Waals surface area contributed by atoms with Crippen molar-refractivity contribution in [3.63, 3.8) is 0 Å². The first-order valence-electron chi connectivity index (χ1n) is 6.97. The molecule has 3 atom stereocenters. The van der Waals surface area contributed by atoms with Crippen molar-refractivity contribution >= 4 is 0 Å². The fraction of sp³-hybridized carbons (Fsp3) is 0.500. The Labute approximate surface area is 115 Å². The Morgan fingerprint density at radius 2 is 2.00 bits per heavy atom. The fourth-order valence-corrected chi connectivity index (χ4v) is 2.82. The first-order valence-corrected chi connectivity index (χ1v) is 6.97. The topological polar surface area (TPSA) is 43.7 Å². The highest BCUT2D eigenvalue weighted by Crippen LogP contribution is 2.28. The molecule has 3 unspecified atom stereocenters. The first kappa shape index (κ1) is 14.3. The van der Waals surface area contributed by atoms with Crippen molar-refractivity contribution in [1.82, 2.24) is 4.90 Å². The number of hydrogen-bond acceptors (Lipinski definition) is 3. The molecule has 1 aliphatic rings. The zero-order valence-electron chi connectivity index (χ0n) is 11.4. The molecule has 0 spiro atoms. The van der Waals surface area contributed by atoms with Gasteiger partial charge < -0.3 is 10.2 Å². The second-order valence-corrected chi connectivity index (χ2v) is 5.25. The minimum absolute atomic E-state index is 0.00917. The Morgan fingerprint density at radius 3 is 2.63 bits per heavy atom. The molecule has 1 aliphatic heterocycles. The molecule has 0 aliphatic carbocycles. The highest BCUT2D eigenvalue weighted by atomic mass is 16.3. The molecule has 0 fully saturated rings. The van der Waals surface area contributed by atoms with Crippen LogP contribution in [-0.2, 0) is 0 Å². The Balaban J connectivity index is 2.18. The van der Waals surface area contributed by atoms with Gasteiger partial charge in [0.1, 0.15) is 0 Å². The van der Waals surface area contributed by atoms with Crippen LogP contribution in [0.3, 0.4) is 0 Å². The van der Waals surface area contributed by atoms with Crippen LogP contribution in [0.15, 0.2) is 42.5 Å². The van der Waals surface area contributed by atoms with E-state index in [1.165, 1.54) is 0 Å². The zero-order chi connectivity index (χ0) is 13.7. The summed E-state index contributed by atoms with van der Waals surface area (Å²) in [6, 6.07) is 10.4. The van der Waals surface area contributed by atoms with Gasteiger partial charge in [-0.2, -0.15) is 0 Å². The van der Waals surface area contributed by atoms with Gasteiger partial charge in [-0.1, -0.05) is 42.5 Å². The second-order valence-electron chi connectivity index (χ2n) is 5.25. The highest BCUT2D eigenvalue weighted by molar-refractivity contribution is 5.20. The molecule has 0 saturated heterocycles. The van der Waals surface area contributed by atoms with Crippen molar-refractivity contribution in [2.24, 2.45) is 0 Å². The summed E-state index contributed by atoms with van der Waals surface area (Å²) in [7, 11) is 0. The van der Waals surface area contributed by atoms with Gasteiger partial charge in [-0.05, 0) is 25.3 Å². The molecular weight excluding hydrogens is 238 g/mol. The first-order chi connectivity index (χ1) is 9.22. The van der Waals surface area contributed by atoms with E-state index in [0.717, 1.165) is 24.9 Å². The Kier molecular flexibility index (Phi) is 5.14. The molecule has 104 valence electrons. The molecule has 0 amide bonds. The van der Waals surface area contributed by atoms with Crippen LogP contribution in [0.5, 0.6) is 0 Å². The predicted molar refractivity (Wildman–Crippen MR) is 76.8 cm³/mol. The molecule has 3 nitrogen and oxygen atoms in total. The molecule has 0 bridgehead atoms. The number of aliphatic hydroxyl groups is 2. The monoisotopic (exact) mass is 261 g/mol. The highest BCUT2D eigenvalue weighted by Gasteiger charge is 2.28. The van der Waals surface area contributed by atoms with E-state index >= 15 is 0 Å². The van der Waals surface area contributed by atoms with Crippen LogP contribution < -0.4 is 0 Å². The predicted octanol–water partition coefficient (Wildman–Crippen LogP) is 2.12.